The van der Waals surface area contributed by atoms with E-state index < -0.39 is 10.0 Å². The first kappa shape index (κ1) is 17.9. The summed E-state index contributed by atoms with van der Waals surface area (Å²) in [7, 11) is -1.45. The monoisotopic (exact) mass is 278 g/mol. The predicted molar refractivity (Wildman–Crippen MR) is 78.2 cm³/mol. The van der Waals surface area contributed by atoms with Gasteiger partial charge >= 0.3 is 0 Å². The number of hydrogen-bond donors (Lipinski definition) is 1. The van der Waals surface area contributed by atoms with Crippen molar-refractivity contribution in [3.05, 3.63) is 0 Å². The van der Waals surface area contributed by atoms with E-state index in [0.29, 0.717) is 6.42 Å². The lowest BCUT2D eigenvalue weighted by molar-refractivity contribution is 0.216. The van der Waals surface area contributed by atoms with Crippen LogP contribution in [0.3, 0.4) is 0 Å². The highest BCUT2D eigenvalue weighted by Gasteiger charge is 2.30. The van der Waals surface area contributed by atoms with Crippen molar-refractivity contribution in [2.75, 3.05) is 25.9 Å². The molecule has 0 heterocycles. The molecule has 0 rings (SSSR count). The molecule has 0 fully saturated rings. The molecule has 5 heteroatoms. The van der Waals surface area contributed by atoms with E-state index in [2.05, 4.69) is 33.0 Å². The molecule has 0 aliphatic heterocycles. The Morgan fingerprint density at radius 3 is 2.22 bits per heavy atom. The lowest BCUT2D eigenvalue weighted by Gasteiger charge is -2.34. The van der Waals surface area contributed by atoms with E-state index in [1.165, 1.54) is 4.31 Å². The van der Waals surface area contributed by atoms with Crippen LogP contribution in [0.25, 0.3) is 0 Å². The highest BCUT2D eigenvalue weighted by Crippen LogP contribution is 2.25. The minimum Gasteiger partial charge on any atom is -0.317 e. The molecule has 1 unspecified atom stereocenters. The molecule has 110 valence electrons. The van der Waals surface area contributed by atoms with E-state index in [-0.39, 0.29) is 17.2 Å². The standard InChI is InChI=1S/C13H30N2O2S/c1-7-9-14-10-8-11-18(16,17)15(6)12(2)13(3,4)5/h12,14H,7-11H2,1-6H3. The number of rotatable bonds is 8. The van der Waals surface area contributed by atoms with Crippen molar-refractivity contribution in [2.24, 2.45) is 5.41 Å². The van der Waals surface area contributed by atoms with Crippen LogP contribution in [0.4, 0.5) is 0 Å². The third-order valence-electron chi connectivity index (χ3n) is 3.42. The largest absolute Gasteiger partial charge is 0.317 e. The molecule has 18 heavy (non-hydrogen) atoms. The van der Waals surface area contributed by atoms with Gasteiger partial charge in [-0.05, 0) is 38.3 Å². The first-order chi connectivity index (χ1) is 8.13. The molecular formula is C13H30N2O2S. The van der Waals surface area contributed by atoms with Crippen molar-refractivity contribution in [1.29, 1.82) is 0 Å². The number of nitrogens with one attached hydrogen (secondary N) is 1. The average molecular weight is 278 g/mol. The van der Waals surface area contributed by atoms with Crippen LogP contribution in [-0.2, 0) is 10.0 Å². The van der Waals surface area contributed by atoms with Gasteiger partial charge in [0.05, 0.1) is 5.75 Å². The second-order valence-corrected chi connectivity index (χ2v) is 8.13. The predicted octanol–water partition coefficient (Wildman–Crippen LogP) is 2.07. The third kappa shape index (κ3) is 6.16. The third-order valence-corrected chi connectivity index (χ3v) is 5.42. The molecule has 0 saturated heterocycles. The first-order valence-corrected chi connectivity index (χ1v) is 8.40. The molecule has 1 atom stereocenters. The Bertz CT molecular complexity index is 320. The molecule has 0 bridgehead atoms. The summed E-state index contributed by atoms with van der Waals surface area (Å²) < 4.78 is 25.8. The quantitative estimate of drug-likeness (QED) is 0.692. The number of hydrogen-bond acceptors (Lipinski definition) is 3. The number of nitrogens with zero attached hydrogens (tertiary/aromatic N) is 1. The maximum absolute atomic E-state index is 12.1. The van der Waals surface area contributed by atoms with E-state index in [1.807, 2.05) is 6.92 Å². The second kappa shape index (κ2) is 7.46. The fraction of sp³-hybridized carbons (Fsp3) is 1.00. The van der Waals surface area contributed by atoms with Crippen molar-refractivity contribution in [1.82, 2.24) is 9.62 Å². The van der Waals surface area contributed by atoms with Crippen molar-refractivity contribution >= 4 is 10.0 Å². The Labute approximate surface area is 113 Å². The van der Waals surface area contributed by atoms with E-state index in [0.717, 1.165) is 19.5 Å². The van der Waals surface area contributed by atoms with Gasteiger partial charge in [0.2, 0.25) is 10.0 Å². The SMILES string of the molecule is CCCNCCCS(=O)(=O)N(C)C(C)C(C)(C)C. The molecule has 0 radical (unpaired) electrons. The molecular weight excluding hydrogens is 248 g/mol. The summed E-state index contributed by atoms with van der Waals surface area (Å²) in [5, 5.41) is 3.22. The van der Waals surface area contributed by atoms with Gasteiger partial charge in [-0.1, -0.05) is 27.7 Å². The molecule has 0 amide bonds. The van der Waals surface area contributed by atoms with Gasteiger partial charge in [-0.3, -0.25) is 0 Å². The van der Waals surface area contributed by atoms with Gasteiger partial charge in [0.15, 0.2) is 0 Å². The summed E-state index contributed by atoms with van der Waals surface area (Å²) in [5.74, 6) is 0.223. The van der Waals surface area contributed by atoms with Gasteiger partial charge < -0.3 is 5.32 Å². The van der Waals surface area contributed by atoms with E-state index in [9.17, 15) is 8.42 Å². The van der Waals surface area contributed by atoms with Crippen LogP contribution < -0.4 is 5.32 Å². The van der Waals surface area contributed by atoms with Crippen LogP contribution in [-0.4, -0.2) is 44.7 Å². The Hall–Kier alpha value is -0.130. The zero-order chi connectivity index (χ0) is 14.4. The highest BCUT2D eigenvalue weighted by atomic mass is 32.2. The minimum atomic E-state index is -3.14. The van der Waals surface area contributed by atoms with Crippen molar-refractivity contribution in [3.8, 4) is 0 Å². The summed E-state index contributed by atoms with van der Waals surface area (Å²) >= 11 is 0. The highest BCUT2D eigenvalue weighted by molar-refractivity contribution is 7.89. The van der Waals surface area contributed by atoms with Crippen LogP contribution in [0, 0.1) is 5.41 Å². The van der Waals surface area contributed by atoms with Gasteiger partial charge in [0, 0.05) is 13.1 Å². The van der Waals surface area contributed by atoms with E-state index >= 15 is 0 Å². The first-order valence-electron chi connectivity index (χ1n) is 6.79. The summed E-state index contributed by atoms with van der Waals surface area (Å²) in [6, 6.07) is 0.00565. The molecule has 1 N–H and O–H groups in total. The molecule has 0 aromatic rings. The lowest BCUT2D eigenvalue weighted by Crippen LogP contribution is -2.44. The molecule has 0 saturated carbocycles. The fourth-order valence-electron chi connectivity index (χ4n) is 1.61. The Kier molecular flexibility index (Phi) is 7.40. The summed E-state index contributed by atoms with van der Waals surface area (Å²) in [4.78, 5) is 0. The van der Waals surface area contributed by atoms with Gasteiger partial charge in [-0.25, -0.2) is 12.7 Å². The zero-order valence-corrected chi connectivity index (χ0v) is 13.6. The van der Waals surface area contributed by atoms with E-state index in [1.54, 1.807) is 7.05 Å². The normalized spacial score (nSPS) is 15.1. The van der Waals surface area contributed by atoms with Gasteiger partial charge in [-0.15, -0.1) is 0 Å². The van der Waals surface area contributed by atoms with Crippen molar-refractivity contribution in [3.63, 3.8) is 0 Å². The minimum absolute atomic E-state index is 0.00565. The van der Waals surface area contributed by atoms with Gasteiger partial charge in [-0.2, -0.15) is 0 Å². The summed E-state index contributed by atoms with van der Waals surface area (Å²) in [6.45, 7) is 12.0. The Morgan fingerprint density at radius 2 is 1.78 bits per heavy atom. The van der Waals surface area contributed by atoms with Crippen LogP contribution in [0.2, 0.25) is 0 Å². The van der Waals surface area contributed by atoms with Crippen LogP contribution >= 0.6 is 0 Å². The Morgan fingerprint density at radius 1 is 1.22 bits per heavy atom. The maximum atomic E-state index is 12.1. The zero-order valence-electron chi connectivity index (χ0n) is 12.8. The van der Waals surface area contributed by atoms with E-state index in [4.69, 9.17) is 0 Å². The molecule has 0 spiro atoms. The molecule has 0 aromatic carbocycles. The smallest absolute Gasteiger partial charge is 0.214 e. The van der Waals surface area contributed by atoms with Crippen LogP contribution in [0.1, 0.15) is 47.5 Å². The molecule has 4 nitrogen and oxygen atoms in total. The average Bonchev–Trinajstić information content (AvgIpc) is 2.25. The topological polar surface area (TPSA) is 49.4 Å². The van der Waals surface area contributed by atoms with Gasteiger partial charge in [0.25, 0.3) is 0 Å². The second-order valence-electron chi connectivity index (χ2n) is 5.98. The van der Waals surface area contributed by atoms with Gasteiger partial charge in [0.1, 0.15) is 0 Å². The molecule has 0 aliphatic carbocycles. The Balaban J connectivity index is 4.28. The fourth-order valence-corrected chi connectivity index (χ4v) is 3.21. The lowest BCUT2D eigenvalue weighted by atomic mass is 9.88. The van der Waals surface area contributed by atoms with Crippen molar-refractivity contribution < 1.29 is 8.42 Å². The molecule has 0 aromatic heterocycles. The van der Waals surface area contributed by atoms with Crippen LogP contribution in [0.5, 0.6) is 0 Å². The summed E-state index contributed by atoms with van der Waals surface area (Å²) in [5.41, 5.74) is -0.0394. The summed E-state index contributed by atoms with van der Waals surface area (Å²) in [6.07, 6.45) is 1.75. The van der Waals surface area contributed by atoms with Crippen molar-refractivity contribution in [2.45, 2.75) is 53.5 Å². The molecule has 0 aliphatic rings. The van der Waals surface area contributed by atoms with Crippen LogP contribution in [0.15, 0.2) is 0 Å². The number of sulfonamides is 1. The maximum Gasteiger partial charge on any atom is 0.214 e.